The van der Waals surface area contributed by atoms with Gasteiger partial charge in [0.2, 0.25) is 5.91 Å². The van der Waals surface area contributed by atoms with Crippen molar-refractivity contribution >= 4 is 5.91 Å². The molecule has 0 radical (unpaired) electrons. The smallest absolute Gasteiger partial charge is 0.225 e. The van der Waals surface area contributed by atoms with Crippen LogP contribution in [0.3, 0.4) is 0 Å². The lowest BCUT2D eigenvalue weighted by Gasteiger charge is -2.22. The Hall–Kier alpha value is -4.06. The third kappa shape index (κ3) is 5.90. The Morgan fingerprint density at radius 1 is 0.971 bits per heavy atom. The third-order valence-corrected chi connectivity index (χ3v) is 6.08. The molecule has 0 bridgehead atoms. The van der Waals surface area contributed by atoms with Crippen LogP contribution in [0, 0.1) is 20.8 Å². The molecule has 1 aromatic heterocycles. The third-order valence-electron chi connectivity index (χ3n) is 6.08. The maximum absolute atomic E-state index is 13.1. The number of ether oxygens (including phenoxy) is 2. The van der Waals surface area contributed by atoms with Gasteiger partial charge in [-0.15, -0.1) is 0 Å². The fourth-order valence-corrected chi connectivity index (χ4v) is 4.05. The van der Waals surface area contributed by atoms with E-state index in [9.17, 15) is 4.79 Å². The standard InChI is InChI=1S/C29H30N2O4/c1-19-16-25(33-4)14-15-26(19)29(23-8-6-5-7-9-23)30-28(32)17-22-10-12-24(13-11-22)34-18-27-20(2)31-35-21(27)3/h5-16,29H,17-18H2,1-4H3,(H,30,32). The summed E-state index contributed by atoms with van der Waals surface area (Å²) in [5.74, 6) is 2.22. The summed E-state index contributed by atoms with van der Waals surface area (Å²) in [6, 6.07) is 23.2. The van der Waals surface area contributed by atoms with Crippen molar-refractivity contribution in [3.63, 3.8) is 0 Å². The van der Waals surface area contributed by atoms with Crippen molar-refractivity contribution in [2.24, 2.45) is 0 Å². The summed E-state index contributed by atoms with van der Waals surface area (Å²) in [5.41, 5.74) is 5.81. The zero-order chi connectivity index (χ0) is 24.8. The van der Waals surface area contributed by atoms with Crippen LogP contribution >= 0.6 is 0 Å². The second-order valence-electron chi connectivity index (χ2n) is 8.55. The van der Waals surface area contributed by atoms with Gasteiger partial charge in [0.1, 0.15) is 23.9 Å². The van der Waals surface area contributed by atoms with Crippen molar-refractivity contribution in [1.29, 1.82) is 0 Å². The Labute approximate surface area is 205 Å². The number of amides is 1. The SMILES string of the molecule is COc1ccc(C(NC(=O)Cc2ccc(OCc3c(C)noc3C)cc2)c2ccccc2)c(C)c1. The van der Waals surface area contributed by atoms with Crippen LogP contribution in [0.5, 0.6) is 11.5 Å². The minimum Gasteiger partial charge on any atom is -0.497 e. The van der Waals surface area contributed by atoms with Crippen molar-refractivity contribution in [3.05, 3.63) is 112 Å². The lowest BCUT2D eigenvalue weighted by atomic mass is 9.94. The molecule has 0 aliphatic carbocycles. The number of benzene rings is 3. The van der Waals surface area contributed by atoms with Crippen LogP contribution in [0.25, 0.3) is 0 Å². The predicted octanol–water partition coefficient (Wildman–Crippen LogP) is 5.64. The first-order valence-corrected chi connectivity index (χ1v) is 11.6. The van der Waals surface area contributed by atoms with Gasteiger partial charge in [0.05, 0.1) is 30.8 Å². The maximum Gasteiger partial charge on any atom is 0.225 e. The second kappa shape index (κ2) is 10.9. The number of aromatic nitrogens is 1. The number of nitrogens with zero attached hydrogens (tertiary/aromatic N) is 1. The van der Waals surface area contributed by atoms with Gasteiger partial charge in [0.25, 0.3) is 0 Å². The summed E-state index contributed by atoms with van der Waals surface area (Å²) in [6.45, 7) is 6.19. The first-order valence-electron chi connectivity index (χ1n) is 11.6. The first kappa shape index (κ1) is 24.1. The number of carbonyl (C=O) groups excluding carboxylic acids is 1. The summed E-state index contributed by atoms with van der Waals surface area (Å²) in [4.78, 5) is 13.1. The summed E-state index contributed by atoms with van der Waals surface area (Å²) < 4.78 is 16.4. The molecule has 0 fully saturated rings. The van der Waals surface area contributed by atoms with Gasteiger partial charge in [-0.05, 0) is 67.3 Å². The molecule has 0 aliphatic rings. The van der Waals surface area contributed by atoms with Gasteiger partial charge >= 0.3 is 0 Å². The number of methoxy groups -OCH3 is 1. The highest BCUT2D eigenvalue weighted by molar-refractivity contribution is 5.79. The van der Waals surface area contributed by atoms with Crippen LogP contribution < -0.4 is 14.8 Å². The van der Waals surface area contributed by atoms with Crippen LogP contribution in [0.1, 0.15) is 45.3 Å². The average molecular weight is 471 g/mol. The second-order valence-corrected chi connectivity index (χ2v) is 8.55. The van der Waals surface area contributed by atoms with E-state index >= 15 is 0 Å². The van der Waals surface area contributed by atoms with Gasteiger partial charge in [0.15, 0.2) is 0 Å². The molecule has 1 N–H and O–H groups in total. The summed E-state index contributed by atoms with van der Waals surface area (Å²) >= 11 is 0. The van der Waals surface area contributed by atoms with Crippen molar-refractivity contribution < 1.29 is 18.8 Å². The predicted molar refractivity (Wildman–Crippen MR) is 135 cm³/mol. The first-order chi connectivity index (χ1) is 16.9. The molecule has 1 amide bonds. The quantitative estimate of drug-likeness (QED) is 0.343. The van der Waals surface area contributed by atoms with E-state index in [1.165, 1.54) is 0 Å². The minimum atomic E-state index is -0.257. The topological polar surface area (TPSA) is 73.6 Å². The van der Waals surface area contributed by atoms with E-state index in [-0.39, 0.29) is 18.4 Å². The summed E-state index contributed by atoms with van der Waals surface area (Å²) in [5, 5.41) is 7.17. The van der Waals surface area contributed by atoms with Gasteiger partial charge < -0.3 is 19.3 Å². The molecule has 1 unspecified atom stereocenters. The molecule has 0 spiro atoms. The van der Waals surface area contributed by atoms with E-state index in [1.807, 2.05) is 93.6 Å². The fraction of sp³-hybridized carbons (Fsp3) is 0.241. The van der Waals surface area contributed by atoms with E-state index in [4.69, 9.17) is 14.0 Å². The van der Waals surface area contributed by atoms with Crippen LogP contribution in [0.15, 0.2) is 77.3 Å². The van der Waals surface area contributed by atoms with Gasteiger partial charge in [-0.1, -0.05) is 53.7 Å². The minimum absolute atomic E-state index is 0.0570. The Balaban J connectivity index is 1.44. The summed E-state index contributed by atoms with van der Waals surface area (Å²) in [7, 11) is 1.65. The number of nitrogens with one attached hydrogen (secondary N) is 1. The maximum atomic E-state index is 13.1. The molecular weight excluding hydrogens is 440 g/mol. The number of carbonyl (C=O) groups is 1. The van der Waals surface area contributed by atoms with E-state index < -0.39 is 0 Å². The van der Waals surface area contributed by atoms with E-state index in [0.29, 0.717) is 6.61 Å². The molecule has 3 aromatic carbocycles. The Kier molecular flexibility index (Phi) is 7.51. The zero-order valence-electron chi connectivity index (χ0n) is 20.5. The zero-order valence-corrected chi connectivity index (χ0v) is 20.5. The largest absolute Gasteiger partial charge is 0.497 e. The molecule has 0 saturated carbocycles. The van der Waals surface area contributed by atoms with Crippen molar-refractivity contribution in [2.45, 2.75) is 39.8 Å². The molecular formula is C29H30N2O4. The average Bonchev–Trinajstić information content (AvgIpc) is 3.19. The van der Waals surface area contributed by atoms with Gasteiger partial charge in [-0.2, -0.15) is 0 Å². The van der Waals surface area contributed by atoms with Crippen LogP contribution in [-0.4, -0.2) is 18.2 Å². The molecule has 1 heterocycles. The molecule has 4 aromatic rings. The number of aryl methyl sites for hydroxylation is 3. The molecule has 35 heavy (non-hydrogen) atoms. The molecule has 0 saturated heterocycles. The van der Waals surface area contributed by atoms with Crippen LogP contribution in [0.4, 0.5) is 0 Å². The normalized spacial score (nSPS) is 11.7. The molecule has 6 nitrogen and oxygen atoms in total. The van der Waals surface area contributed by atoms with Gasteiger partial charge in [0, 0.05) is 0 Å². The van der Waals surface area contributed by atoms with E-state index in [1.54, 1.807) is 7.11 Å². The highest BCUT2D eigenvalue weighted by atomic mass is 16.5. The van der Waals surface area contributed by atoms with Crippen LogP contribution in [0.2, 0.25) is 0 Å². The number of hydrogen-bond donors (Lipinski definition) is 1. The lowest BCUT2D eigenvalue weighted by Crippen LogP contribution is -2.31. The fourth-order valence-electron chi connectivity index (χ4n) is 4.05. The van der Waals surface area contributed by atoms with E-state index in [0.717, 1.165) is 50.8 Å². The van der Waals surface area contributed by atoms with Crippen LogP contribution in [-0.2, 0) is 17.8 Å². The van der Waals surface area contributed by atoms with Crippen molar-refractivity contribution in [1.82, 2.24) is 10.5 Å². The van der Waals surface area contributed by atoms with Gasteiger partial charge in [-0.3, -0.25) is 4.79 Å². The monoisotopic (exact) mass is 470 g/mol. The highest BCUT2D eigenvalue weighted by Gasteiger charge is 2.19. The molecule has 4 rings (SSSR count). The summed E-state index contributed by atoms with van der Waals surface area (Å²) in [6.07, 6.45) is 0.267. The van der Waals surface area contributed by atoms with E-state index in [2.05, 4.69) is 10.5 Å². The Morgan fingerprint density at radius 3 is 2.31 bits per heavy atom. The van der Waals surface area contributed by atoms with Crippen molar-refractivity contribution in [3.8, 4) is 11.5 Å². The number of rotatable bonds is 9. The van der Waals surface area contributed by atoms with Crippen molar-refractivity contribution in [2.75, 3.05) is 7.11 Å². The van der Waals surface area contributed by atoms with Gasteiger partial charge in [-0.25, -0.2) is 0 Å². The Morgan fingerprint density at radius 2 is 1.69 bits per heavy atom. The molecule has 0 aliphatic heterocycles. The molecule has 180 valence electrons. The Bertz CT molecular complexity index is 1260. The lowest BCUT2D eigenvalue weighted by molar-refractivity contribution is -0.120. The highest BCUT2D eigenvalue weighted by Crippen LogP contribution is 2.28. The molecule has 6 heteroatoms. The number of hydrogen-bond acceptors (Lipinski definition) is 5. The molecule has 1 atom stereocenters.